The third-order valence-corrected chi connectivity index (χ3v) is 5.26. The minimum Gasteiger partial charge on any atom is -0.375 e. The van der Waals surface area contributed by atoms with E-state index in [1.165, 1.54) is 30.6 Å². The number of amidine groups is 1. The van der Waals surface area contributed by atoms with Crippen LogP contribution in [0.4, 0.5) is 10.9 Å². The summed E-state index contributed by atoms with van der Waals surface area (Å²) in [4.78, 5) is 12.2. The molecule has 0 saturated carbocycles. The molecule has 2 rings (SSSR count). The lowest BCUT2D eigenvalue weighted by Gasteiger charge is -2.34. The van der Waals surface area contributed by atoms with Crippen molar-refractivity contribution in [2.24, 2.45) is 16.6 Å². The summed E-state index contributed by atoms with van der Waals surface area (Å²) >= 11 is 3.23. The Hall–Kier alpha value is -0.790. The molecule has 0 spiro atoms. The van der Waals surface area contributed by atoms with Gasteiger partial charge in [-0.15, -0.1) is 0 Å². The fourth-order valence-corrected chi connectivity index (χ4v) is 4.07. The number of nitrogens with two attached hydrogens (primary N) is 2. The van der Waals surface area contributed by atoms with E-state index >= 15 is 0 Å². The number of unbranched alkanes of at least 4 members (excludes halogenated alkanes) is 2. The van der Waals surface area contributed by atoms with E-state index in [0.717, 1.165) is 22.3 Å². The van der Waals surface area contributed by atoms with Gasteiger partial charge in [0.05, 0.1) is 4.88 Å². The second-order valence-corrected chi connectivity index (χ2v) is 7.81. The third kappa shape index (κ3) is 4.11. The molecule has 0 aromatic carbocycles. The highest BCUT2D eigenvalue weighted by Crippen LogP contribution is 2.39. The zero-order valence-corrected chi connectivity index (χ0v) is 14.6. The number of nitrogen functional groups attached to an aromatic ring is 1. The van der Waals surface area contributed by atoms with Crippen LogP contribution in [-0.4, -0.2) is 27.3 Å². The molecule has 1 aliphatic heterocycles. The molecule has 0 saturated heterocycles. The first-order chi connectivity index (χ1) is 10.0. The van der Waals surface area contributed by atoms with Gasteiger partial charge in [-0.05, 0) is 12.3 Å². The Kier molecular flexibility index (Phi) is 5.89. The topological polar surface area (TPSA) is 80.5 Å². The summed E-state index contributed by atoms with van der Waals surface area (Å²) in [5.74, 6) is 2.32. The van der Waals surface area contributed by atoms with Crippen molar-refractivity contribution in [1.82, 2.24) is 9.88 Å². The molecular weight excluding hydrogens is 302 g/mol. The van der Waals surface area contributed by atoms with Crippen molar-refractivity contribution in [3.05, 3.63) is 4.88 Å². The van der Waals surface area contributed by atoms with E-state index in [-0.39, 0.29) is 6.17 Å². The van der Waals surface area contributed by atoms with Crippen LogP contribution in [0.1, 0.15) is 51.1 Å². The number of thioether (sulfide) groups is 1. The van der Waals surface area contributed by atoms with E-state index < -0.39 is 0 Å². The molecule has 2 heterocycles. The van der Waals surface area contributed by atoms with E-state index in [2.05, 4.69) is 30.7 Å². The van der Waals surface area contributed by atoms with Crippen LogP contribution in [0, 0.1) is 5.92 Å². The van der Waals surface area contributed by atoms with E-state index in [9.17, 15) is 0 Å². The average Bonchev–Trinajstić information content (AvgIpc) is 2.79. The Labute approximate surface area is 135 Å². The molecule has 21 heavy (non-hydrogen) atoms. The SMILES string of the molecule is CCCCCSC1=Nc2nc(N)sc2C(N)N1CC(C)C. The second-order valence-electron chi connectivity index (χ2n) is 5.68. The maximum absolute atomic E-state index is 6.42. The molecule has 1 aromatic rings. The summed E-state index contributed by atoms with van der Waals surface area (Å²) < 4.78 is 0. The zero-order valence-electron chi connectivity index (χ0n) is 13.0. The van der Waals surface area contributed by atoms with Crippen LogP contribution in [0.2, 0.25) is 0 Å². The van der Waals surface area contributed by atoms with Gasteiger partial charge in [-0.1, -0.05) is 56.7 Å². The molecule has 0 bridgehead atoms. The maximum Gasteiger partial charge on any atom is 0.182 e. The van der Waals surface area contributed by atoms with Crippen molar-refractivity contribution < 1.29 is 0 Å². The first-order valence-electron chi connectivity index (χ1n) is 7.52. The van der Waals surface area contributed by atoms with Crippen molar-refractivity contribution in [2.45, 2.75) is 46.2 Å². The lowest BCUT2D eigenvalue weighted by molar-refractivity contribution is 0.294. The van der Waals surface area contributed by atoms with Gasteiger partial charge in [-0.25, -0.2) is 9.98 Å². The predicted octanol–water partition coefficient (Wildman–Crippen LogP) is 3.57. The number of anilines is 1. The molecule has 0 amide bonds. The van der Waals surface area contributed by atoms with Crippen LogP contribution in [-0.2, 0) is 0 Å². The van der Waals surface area contributed by atoms with Gasteiger partial charge in [0.15, 0.2) is 16.1 Å². The summed E-state index contributed by atoms with van der Waals surface area (Å²) in [6, 6.07) is 0. The van der Waals surface area contributed by atoms with E-state index in [0.29, 0.717) is 16.9 Å². The molecule has 0 fully saturated rings. The quantitative estimate of drug-likeness (QED) is 0.781. The number of aliphatic imine (C=N–C) groups is 1. The lowest BCUT2D eigenvalue weighted by Crippen LogP contribution is -2.41. The Bertz CT molecular complexity index is 498. The molecule has 1 aromatic heterocycles. The van der Waals surface area contributed by atoms with Gasteiger partial charge in [0.2, 0.25) is 0 Å². The molecule has 7 heteroatoms. The van der Waals surface area contributed by atoms with Gasteiger partial charge >= 0.3 is 0 Å². The summed E-state index contributed by atoms with van der Waals surface area (Å²) in [6.07, 6.45) is 3.51. The monoisotopic (exact) mass is 327 g/mol. The zero-order chi connectivity index (χ0) is 15.4. The Morgan fingerprint density at radius 1 is 1.38 bits per heavy atom. The first-order valence-corrected chi connectivity index (χ1v) is 9.33. The molecule has 1 atom stereocenters. The first kappa shape index (κ1) is 16.6. The van der Waals surface area contributed by atoms with Crippen molar-refractivity contribution in [3.63, 3.8) is 0 Å². The van der Waals surface area contributed by atoms with Crippen LogP contribution in [0.3, 0.4) is 0 Å². The van der Waals surface area contributed by atoms with Crippen molar-refractivity contribution in [3.8, 4) is 0 Å². The molecule has 0 radical (unpaired) electrons. The van der Waals surface area contributed by atoms with Gasteiger partial charge < -0.3 is 16.4 Å². The highest BCUT2D eigenvalue weighted by atomic mass is 32.2. The van der Waals surface area contributed by atoms with E-state index in [1.54, 1.807) is 11.8 Å². The van der Waals surface area contributed by atoms with Crippen LogP contribution in [0.25, 0.3) is 0 Å². The predicted molar refractivity (Wildman–Crippen MR) is 94.1 cm³/mol. The summed E-state index contributed by atoms with van der Waals surface area (Å²) in [6.45, 7) is 7.51. The van der Waals surface area contributed by atoms with Crippen molar-refractivity contribution in [2.75, 3.05) is 18.0 Å². The van der Waals surface area contributed by atoms with E-state index in [4.69, 9.17) is 16.5 Å². The number of hydrogen-bond donors (Lipinski definition) is 2. The smallest absolute Gasteiger partial charge is 0.182 e. The summed E-state index contributed by atoms with van der Waals surface area (Å²) in [5.41, 5.74) is 12.2. The van der Waals surface area contributed by atoms with Crippen LogP contribution < -0.4 is 11.5 Å². The average molecular weight is 328 g/mol. The molecule has 1 aliphatic rings. The minimum atomic E-state index is -0.177. The van der Waals surface area contributed by atoms with Gasteiger partial charge in [0.1, 0.15) is 6.17 Å². The minimum absolute atomic E-state index is 0.177. The molecule has 5 nitrogen and oxygen atoms in total. The molecule has 4 N–H and O–H groups in total. The standard InChI is InChI=1S/C14H25N5S2/c1-4-5-6-7-20-14-18-12-10(21-13(16)17-12)11(15)19(14)8-9(2)3/h9,11H,4-8,15H2,1-3H3,(H2,16,17). The number of hydrogen-bond acceptors (Lipinski definition) is 7. The van der Waals surface area contributed by atoms with Crippen LogP contribution >= 0.6 is 23.1 Å². The number of thiazole rings is 1. The molecule has 118 valence electrons. The normalized spacial score (nSPS) is 18.0. The maximum atomic E-state index is 6.42. The summed E-state index contributed by atoms with van der Waals surface area (Å²) in [7, 11) is 0. The summed E-state index contributed by atoms with van der Waals surface area (Å²) in [5, 5.41) is 1.53. The Morgan fingerprint density at radius 3 is 2.81 bits per heavy atom. The third-order valence-electron chi connectivity index (χ3n) is 3.24. The van der Waals surface area contributed by atoms with E-state index in [1.807, 2.05) is 0 Å². The Balaban J connectivity index is 2.17. The van der Waals surface area contributed by atoms with Gasteiger partial charge in [0, 0.05) is 12.3 Å². The number of rotatable bonds is 6. The lowest BCUT2D eigenvalue weighted by atomic mass is 10.2. The second kappa shape index (κ2) is 7.47. The molecule has 0 aliphatic carbocycles. The van der Waals surface area contributed by atoms with Crippen molar-refractivity contribution in [1.29, 1.82) is 0 Å². The fraction of sp³-hybridized carbons (Fsp3) is 0.714. The van der Waals surface area contributed by atoms with Gasteiger partial charge in [-0.3, -0.25) is 0 Å². The highest BCUT2D eigenvalue weighted by Gasteiger charge is 2.30. The fourth-order valence-electron chi connectivity index (χ4n) is 2.24. The van der Waals surface area contributed by atoms with Crippen LogP contribution in [0.15, 0.2) is 4.99 Å². The van der Waals surface area contributed by atoms with Crippen molar-refractivity contribution >= 4 is 39.2 Å². The largest absolute Gasteiger partial charge is 0.375 e. The Morgan fingerprint density at radius 2 is 2.14 bits per heavy atom. The highest BCUT2D eigenvalue weighted by molar-refractivity contribution is 8.13. The number of fused-ring (bicyclic) bond motifs is 1. The number of aromatic nitrogens is 1. The van der Waals surface area contributed by atoms with Gasteiger partial charge in [0.25, 0.3) is 0 Å². The number of nitrogens with zero attached hydrogens (tertiary/aromatic N) is 3. The molecular formula is C14H25N5S2. The van der Waals surface area contributed by atoms with Gasteiger partial charge in [-0.2, -0.15) is 0 Å². The molecule has 1 unspecified atom stereocenters. The van der Waals surface area contributed by atoms with Crippen LogP contribution in [0.5, 0.6) is 0 Å².